The van der Waals surface area contributed by atoms with Crippen molar-refractivity contribution in [1.29, 1.82) is 0 Å². The largest absolute Gasteiger partial charge is 0.493 e. The van der Waals surface area contributed by atoms with Crippen LogP contribution in [0.3, 0.4) is 0 Å². The minimum absolute atomic E-state index is 0.0396. The number of ether oxygens (including phenoxy) is 2. The number of hydrogen-bond donors (Lipinski definition) is 0. The van der Waals surface area contributed by atoms with Crippen LogP contribution in [0.25, 0.3) is 0 Å². The number of carbonyl (C=O) groups is 2. The molecule has 0 bridgehead atoms. The van der Waals surface area contributed by atoms with Gasteiger partial charge >= 0.3 is 12.1 Å². The molecule has 0 aromatic heterocycles. The predicted molar refractivity (Wildman–Crippen MR) is 146 cm³/mol. The number of rotatable bonds is 8. The van der Waals surface area contributed by atoms with Crippen LogP contribution in [0.5, 0.6) is 5.75 Å². The Kier molecular flexibility index (Phi) is 9.12. The molecular weight excluding hydrogens is 521 g/mol. The van der Waals surface area contributed by atoms with Crippen molar-refractivity contribution in [1.82, 2.24) is 9.80 Å². The van der Waals surface area contributed by atoms with Gasteiger partial charge in [-0.1, -0.05) is 61.4 Å². The standard InChI is InChI=1S/C31H39F3N2O4/c1-21(2)20-39-26-8-6-5-7-25(26)19-35-12-9-30(10-13-35)11-14-36(28(30)40-29(38)31(32,33)34)27(37)18-24-16-22(3)15-23(4)17-24/h5-8,15-17,21,28H,9-14,18-20H2,1-4H3. The first kappa shape index (κ1) is 29.9. The van der Waals surface area contributed by atoms with Crippen molar-refractivity contribution in [2.24, 2.45) is 11.3 Å². The van der Waals surface area contributed by atoms with Crippen molar-refractivity contribution in [3.05, 3.63) is 64.7 Å². The third kappa shape index (κ3) is 7.16. The third-order valence-electron chi connectivity index (χ3n) is 7.86. The third-order valence-corrected chi connectivity index (χ3v) is 7.86. The van der Waals surface area contributed by atoms with Crippen LogP contribution in [-0.4, -0.2) is 60.3 Å². The molecule has 0 N–H and O–H groups in total. The minimum atomic E-state index is -5.13. The number of carbonyl (C=O) groups excluding carboxylic acids is 2. The minimum Gasteiger partial charge on any atom is -0.493 e. The molecule has 1 amide bonds. The van der Waals surface area contributed by atoms with E-state index >= 15 is 0 Å². The van der Waals surface area contributed by atoms with Crippen LogP contribution in [0.15, 0.2) is 42.5 Å². The van der Waals surface area contributed by atoms with Crippen molar-refractivity contribution in [3.8, 4) is 5.75 Å². The van der Waals surface area contributed by atoms with E-state index in [1.165, 1.54) is 4.90 Å². The highest BCUT2D eigenvalue weighted by atomic mass is 19.4. The Morgan fingerprint density at radius 2 is 1.62 bits per heavy atom. The molecule has 0 radical (unpaired) electrons. The van der Waals surface area contributed by atoms with Gasteiger partial charge in [0.15, 0.2) is 6.23 Å². The van der Waals surface area contributed by atoms with Crippen LogP contribution < -0.4 is 4.74 Å². The number of para-hydroxylation sites is 1. The predicted octanol–water partition coefficient (Wildman–Crippen LogP) is 5.83. The van der Waals surface area contributed by atoms with E-state index in [9.17, 15) is 22.8 Å². The van der Waals surface area contributed by atoms with E-state index in [0.29, 0.717) is 51.4 Å². The number of likely N-dealkylation sites (tertiary alicyclic amines) is 2. The second kappa shape index (κ2) is 12.2. The lowest BCUT2D eigenvalue weighted by atomic mass is 9.76. The summed E-state index contributed by atoms with van der Waals surface area (Å²) in [4.78, 5) is 29.0. The summed E-state index contributed by atoms with van der Waals surface area (Å²) in [7, 11) is 0. The Hall–Kier alpha value is -3.07. The summed E-state index contributed by atoms with van der Waals surface area (Å²) in [6.07, 6.45) is -4.81. The first-order chi connectivity index (χ1) is 18.9. The average molecular weight is 561 g/mol. The van der Waals surface area contributed by atoms with Crippen LogP contribution >= 0.6 is 0 Å². The highest BCUT2D eigenvalue weighted by Crippen LogP contribution is 2.47. The van der Waals surface area contributed by atoms with Gasteiger partial charge in [-0.25, -0.2) is 4.79 Å². The van der Waals surface area contributed by atoms with Gasteiger partial charge in [0.2, 0.25) is 5.91 Å². The molecule has 9 heteroatoms. The first-order valence-corrected chi connectivity index (χ1v) is 13.9. The normalized spacial score (nSPS) is 19.3. The van der Waals surface area contributed by atoms with Gasteiger partial charge in [0.05, 0.1) is 13.0 Å². The molecule has 1 atom stereocenters. The zero-order valence-corrected chi connectivity index (χ0v) is 23.7. The van der Waals surface area contributed by atoms with Crippen LogP contribution in [-0.2, 0) is 27.3 Å². The van der Waals surface area contributed by atoms with Gasteiger partial charge in [-0.3, -0.25) is 9.69 Å². The Labute approximate surface area is 234 Å². The van der Waals surface area contributed by atoms with Gasteiger partial charge in [0.25, 0.3) is 0 Å². The molecule has 0 saturated carbocycles. The highest BCUT2D eigenvalue weighted by molar-refractivity contribution is 5.81. The molecular formula is C31H39F3N2O4. The van der Waals surface area contributed by atoms with E-state index in [-0.39, 0.29) is 18.9 Å². The number of piperidine rings is 1. The lowest BCUT2D eigenvalue weighted by Crippen LogP contribution is -2.51. The number of alkyl halides is 3. The van der Waals surface area contributed by atoms with E-state index in [1.807, 2.05) is 56.3 Å². The number of amides is 1. The van der Waals surface area contributed by atoms with Gasteiger partial charge in [-0.15, -0.1) is 0 Å². The van der Waals surface area contributed by atoms with Crippen molar-refractivity contribution in [3.63, 3.8) is 0 Å². The molecule has 0 aliphatic carbocycles. The van der Waals surface area contributed by atoms with Crippen LogP contribution in [0.4, 0.5) is 13.2 Å². The summed E-state index contributed by atoms with van der Waals surface area (Å²) in [5, 5.41) is 0. The smallest absolute Gasteiger partial charge is 0.491 e. The van der Waals surface area contributed by atoms with Crippen LogP contribution in [0.2, 0.25) is 0 Å². The Morgan fingerprint density at radius 1 is 1.00 bits per heavy atom. The molecule has 2 fully saturated rings. The van der Waals surface area contributed by atoms with Crippen molar-refractivity contribution in [2.75, 3.05) is 26.2 Å². The molecule has 2 aromatic rings. The molecule has 218 valence electrons. The van der Waals surface area contributed by atoms with Crippen molar-refractivity contribution < 1.29 is 32.2 Å². The van der Waals surface area contributed by atoms with Crippen LogP contribution in [0, 0.1) is 25.2 Å². The number of benzene rings is 2. The summed E-state index contributed by atoms with van der Waals surface area (Å²) >= 11 is 0. The van der Waals surface area contributed by atoms with E-state index in [0.717, 1.165) is 28.0 Å². The van der Waals surface area contributed by atoms with E-state index in [2.05, 4.69) is 18.7 Å². The zero-order chi connectivity index (χ0) is 29.1. The summed E-state index contributed by atoms with van der Waals surface area (Å²) in [6, 6.07) is 13.7. The maximum atomic E-state index is 13.4. The Morgan fingerprint density at radius 3 is 2.25 bits per heavy atom. The van der Waals surface area contributed by atoms with E-state index in [4.69, 9.17) is 9.47 Å². The summed E-state index contributed by atoms with van der Waals surface area (Å²) < 4.78 is 50.9. The maximum Gasteiger partial charge on any atom is 0.491 e. The molecule has 2 aromatic carbocycles. The van der Waals surface area contributed by atoms with Gasteiger partial charge in [0, 0.05) is 24.1 Å². The van der Waals surface area contributed by atoms with Crippen molar-refractivity contribution in [2.45, 2.75) is 72.3 Å². The molecule has 2 saturated heterocycles. The molecule has 2 aliphatic rings. The van der Waals surface area contributed by atoms with Crippen LogP contribution in [0.1, 0.15) is 55.4 Å². The number of nitrogens with zero attached hydrogens (tertiary/aromatic N) is 2. The molecule has 40 heavy (non-hydrogen) atoms. The molecule has 2 heterocycles. The Balaban J connectivity index is 1.48. The summed E-state index contributed by atoms with van der Waals surface area (Å²) in [5.41, 5.74) is 3.13. The molecule has 1 spiro atoms. The molecule has 1 unspecified atom stereocenters. The average Bonchev–Trinajstić information content (AvgIpc) is 3.21. The van der Waals surface area contributed by atoms with E-state index in [1.54, 1.807) is 0 Å². The van der Waals surface area contributed by atoms with Gasteiger partial charge in [-0.2, -0.15) is 13.2 Å². The topological polar surface area (TPSA) is 59.1 Å². The second-order valence-corrected chi connectivity index (χ2v) is 11.7. The fourth-order valence-electron chi connectivity index (χ4n) is 5.90. The van der Waals surface area contributed by atoms with E-state index < -0.39 is 23.8 Å². The lowest BCUT2D eigenvalue weighted by Gasteiger charge is -2.43. The monoisotopic (exact) mass is 560 g/mol. The zero-order valence-electron chi connectivity index (χ0n) is 23.7. The number of esters is 1. The first-order valence-electron chi connectivity index (χ1n) is 13.9. The number of hydrogen-bond acceptors (Lipinski definition) is 5. The molecule has 6 nitrogen and oxygen atoms in total. The summed E-state index contributed by atoms with van der Waals surface area (Å²) in [5.74, 6) is -1.36. The fraction of sp³-hybridized carbons (Fsp3) is 0.548. The number of halogens is 3. The van der Waals surface area contributed by atoms with Gasteiger partial charge in [-0.05, 0) is 63.7 Å². The highest BCUT2D eigenvalue weighted by Gasteiger charge is 2.55. The quantitative estimate of drug-likeness (QED) is 0.381. The Bertz CT molecular complexity index is 1190. The number of aryl methyl sites for hydroxylation is 2. The maximum absolute atomic E-state index is 13.4. The SMILES string of the molecule is Cc1cc(C)cc(CC(=O)N2CCC3(CCN(Cc4ccccc4OCC(C)C)CC3)C2OC(=O)C(F)(F)F)c1. The molecule has 2 aliphatic heterocycles. The lowest BCUT2D eigenvalue weighted by molar-refractivity contribution is -0.219. The van der Waals surface area contributed by atoms with Crippen molar-refractivity contribution >= 4 is 11.9 Å². The van der Waals surface area contributed by atoms with Gasteiger partial charge < -0.3 is 14.4 Å². The summed E-state index contributed by atoms with van der Waals surface area (Å²) in [6.45, 7) is 10.8. The second-order valence-electron chi connectivity index (χ2n) is 11.7. The van der Waals surface area contributed by atoms with Gasteiger partial charge in [0.1, 0.15) is 5.75 Å². The molecule has 4 rings (SSSR count). The fourth-order valence-corrected chi connectivity index (χ4v) is 5.90.